The fourth-order valence-corrected chi connectivity index (χ4v) is 2.81. The largest absolute Gasteiger partial charge is 0.382 e. The van der Waals surface area contributed by atoms with E-state index in [0.29, 0.717) is 32.8 Å². The average molecular weight is 333 g/mol. The van der Waals surface area contributed by atoms with Gasteiger partial charge in [0, 0.05) is 32.8 Å². The number of urea groups is 1. The molecule has 1 fully saturated rings. The van der Waals surface area contributed by atoms with Gasteiger partial charge in [0.25, 0.3) is 0 Å². The number of nitrogens with zero attached hydrogens (tertiary/aromatic N) is 1. The third-order valence-electron chi connectivity index (χ3n) is 4.07. The lowest BCUT2D eigenvalue weighted by Gasteiger charge is -2.24. The zero-order valence-corrected chi connectivity index (χ0v) is 14.3. The standard InChI is InChI=1S/C18H27N3O3/c1-2-24-13-7-11-19-17(22)16-10-6-12-21(16)18(23)20-14-15-8-4-3-5-9-15/h3-5,8-9,16H,2,6-7,10-14H2,1H3,(H,19,22)(H,20,23)/t16-/m0/s1. The van der Waals surface area contributed by atoms with Gasteiger partial charge in [0.2, 0.25) is 5.91 Å². The van der Waals surface area contributed by atoms with E-state index >= 15 is 0 Å². The normalized spacial score (nSPS) is 16.9. The zero-order valence-electron chi connectivity index (χ0n) is 14.3. The SMILES string of the molecule is CCOCCCNC(=O)[C@@H]1CCCN1C(=O)NCc1ccccc1. The van der Waals surface area contributed by atoms with E-state index in [1.165, 1.54) is 0 Å². The second-order valence-electron chi connectivity index (χ2n) is 5.84. The lowest BCUT2D eigenvalue weighted by Crippen LogP contribution is -2.49. The number of rotatable bonds is 8. The molecule has 0 radical (unpaired) electrons. The summed E-state index contributed by atoms with van der Waals surface area (Å²) in [7, 11) is 0. The van der Waals surface area contributed by atoms with E-state index in [2.05, 4.69) is 10.6 Å². The zero-order chi connectivity index (χ0) is 17.2. The van der Waals surface area contributed by atoms with Gasteiger partial charge < -0.3 is 20.3 Å². The summed E-state index contributed by atoms with van der Waals surface area (Å²) in [4.78, 5) is 26.3. The van der Waals surface area contributed by atoms with Gasteiger partial charge in [-0.2, -0.15) is 0 Å². The summed E-state index contributed by atoms with van der Waals surface area (Å²) in [5.41, 5.74) is 1.04. The van der Waals surface area contributed by atoms with E-state index in [1.54, 1.807) is 4.90 Å². The molecule has 1 aliphatic rings. The van der Waals surface area contributed by atoms with E-state index < -0.39 is 0 Å². The molecule has 1 aliphatic heterocycles. The predicted molar refractivity (Wildman–Crippen MR) is 92.5 cm³/mol. The molecule has 1 aromatic carbocycles. The second-order valence-corrected chi connectivity index (χ2v) is 5.84. The highest BCUT2D eigenvalue weighted by atomic mass is 16.5. The van der Waals surface area contributed by atoms with Crippen molar-refractivity contribution in [1.82, 2.24) is 15.5 Å². The Morgan fingerprint density at radius 1 is 1.25 bits per heavy atom. The van der Waals surface area contributed by atoms with Crippen LogP contribution < -0.4 is 10.6 Å². The molecular formula is C18H27N3O3. The molecule has 2 rings (SSSR count). The second kappa shape index (κ2) is 9.93. The van der Waals surface area contributed by atoms with E-state index in [4.69, 9.17) is 4.74 Å². The Morgan fingerprint density at radius 2 is 2.04 bits per heavy atom. The Balaban J connectivity index is 1.76. The lowest BCUT2D eigenvalue weighted by molar-refractivity contribution is -0.124. The van der Waals surface area contributed by atoms with E-state index in [1.807, 2.05) is 37.3 Å². The van der Waals surface area contributed by atoms with Gasteiger partial charge in [0.1, 0.15) is 6.04 Å². The number of nitrogens with one attached hydrogen (secondary N) is 2. The van der Waals surface area contributed by atoms with Gasteiger partial charge >= 0.3 is 6.03 Å². The molecule has 24 heavy (non-hydrogen) atoms. The molecule has 0 aromatic heterocycles. The molecule has 0 aliphatic carbocycles. The summed E-state index contributed by atoms with van der Waals surface area (Å²) >= 11 is 0. The third-order valence-corrected chi connectivity index (χ3v) is 4.07. The number of benzene rings is 1. The first-order valence-corrected chi connectivity index (χ1v) is 8.66. The summed E-state index contributed by atoms with van der Waals surface area (Å²) in [6.45, 7) is 4.95. The Labute approximate surface area is 143 Å². The van der Waals surface area contributed by atoms with Crippen molar-refractivity contribution in [3.05, 3.63) is 35.9 Å². The van der Waals surface area contributed by atoms with Crippen LogP contribution in [-0.2, 0) is 16.1 Å². The number of carbonyl (C=O) groups excluding carboxylic acids is 2. The van der Waals surface area contributed by atoms with Gasteiger partial charge in [0.15, 0.2) is 0 Å². The number of hydrogen-bond acceptors (Lipinski definition) is 3. The fraction of sp³-hybridized carbons (Fsp3) is 0.556. The number of carbonyl (C=O) groups is 2. The van der Waals surface area contributed by atoms with Gasteiger partial charge in [-0.3, -0.25) is 4.79 Å². The molecule has 1 atom stereocenters. The lowest BCUT2D eigenvalue weighted by atomic mass is 10.2. The van der Waals surface area contributed by atoms with Crippen LogP contribution in [-0.4, -0.2) is 49.2 Å². The average Bonchev–Trinajstić information content (AvgIpc) is 3.10. The number of likely N-dealkylation sites (tertiary alicyclic amines) is 1. The number of hydrogen-bond donors (Lipinski definition) is 2. The monoisotopic (exact) mass is 333 g/mol. The van der Waals surface area contributed by atoms with Gasteiger partial charge in [-0.15, -0.1) is 0 Å². The first-order chi connectivity index (χ1) is 11.7. The van der Waals surface area contributed by atoms with Crippen molar-refractivity contribution in [3.63, 3.8) is 0 Å². The number of ether oxygens (including phenoxy) is 1. The highest BCUT2D eigenvalue weighted by Gasteiger charge is 2.33. The van der Waals surface area contributed by atoms with Crippen LogP contribution in [0.2, 0.25) is 0 Å². The van der Waals surface area contributed by atoms with Crippen molar-refractivity contribution in [2.45, 2.75) is 38.8 Å². The van der Waals surface area contributed by atoms with Gasteiger partial charge in [0.05, 0.1) is 0 Å². The first-order valence-electron chi connectivity index (χ1n) is 8.66. The molecule has 0 unspecified atom stereocenters. The van der Waals surface area contributed by atoms with Crippen LogP contribution in [0.25, 0.3) is 0 Å². The molecule has 1 aromatic rings. The topological polar surface area (TPSA) is 70.7 Å². The van der Waals surface area contributed by atoms with E-state index in [-0.39, 0.29) is 18.0 Å². The van der Waals surface area contributed by atoms with Gasteiger partial charge in [-0.05, 0) is 31.7 Å². The van der Waals surface area contributed by atoms with Crippen molar-refractivity contribution < 1.29 is 14.3 Å². The van der Waals surface area contributed by atoms with Crippen molar-refractivity contribution in [2.75, 3.05) is 26.3 Å². The van der Waals surface area contributed by atoms with Crippen LogP contribution in [0.5, 0.6) is 0 Å². The first kappa shape index (κ1) is 18.3. The van der Waals surface area contributed by atoms with E-state index in [0.717, 1.165) is 24.8 Å². The summed E-state index contributed by atoms with van der Waals surface area (Å²) in [6, 6.07) is 9.21. The highest BCUT2D eigenvalue weighted by molar-refractivity contribution is 5.87. The maximum Gasteiger partial charge on any atom is 0.318 e. The molecule has 6 nitrogen and oxygen atoms in total. The van der Waals surface area contributed by atoms with Gasteiger partial charge in [-0.1, -0.05) is 30.3 Å². The highest BCUT2D eigenvalue weighted by Crippen LogP contribution is 2.17. The third kappa shape index (κ3) is 5.53. The maximum absolute atomic E-state index is 12.4. The minimum Gasteiger partial charge on any atom is -0.382 e. The molecule has 6 heteroatoms. The quantitative estimate of drug-likeness (QED) is 0.714. The van der Waals surface area contributed by atoms with E-state index in [9.17, 15) is 9.59 Å². The Bertz CT molecular complexity index is 522. The molecule has 3 amide bonds. The van der Waals surface area contributed by atoms with Crippen LogP contribution >= 0.6 is 0 Å². The minimum atomic E-state index is -0.368. The molecule has 0 bridgehead atoms. The molecule has 0 spiro atoms. The predicted octanol–water partition coefficient (Wildman–Crippen LogP) is 1.90. The Hall–Kier alpha value is -2.08. The van der Waals surface area contributed by atoms with Crippen molar-refractivity contribution in [1.29, 1.82) is 0 Å². The van der Waals surface area contributed by atoms with Crippen LogP contribution in [0.15, 0.2) is 30.3 Å². The van der Waals surface area contributed by atoms with Crippen molar-refractivity contribution in [3.8, 4) is 0 Å². The molecule has 0 saturated carbocycles. The van der Waals surface area contributed by atoms with Crippen molar-refractivity contribution in [2.24, 2.45) is 0 Å². The summed E-state index contributed by atoms with van der Waals surface area (Å²) in [5.74, 6) is -0.0705. The number of amides is 3. The summed E-state index contributed by atoms with van der Waals surface area (Å²) < 4.78 is 5.25. The molecular weight excluding hydrogens is 306 g/mol. The maximum atomic E-state index is 12.4. The Kier molecular flexibility index (Phi) is 7.55. The molecule has 2 N–H and O–H groups in total. The summed E-state index contributed by atoms with van der Waals surface area (Å²) in [6.07, 6.45) is 2.36. The minimum absolute atomic E-state index is 0.0705. The van der Waals surface area contributed by atoms with Gasteiger partial charge in [-0.25, -0.2) is 4.79 Å². The molecule has 1 heterocycles. The van der Waals surface area contributed by atoms with Crippen LogP contribution in [0, 0.1) is 0 Å². The van der Waals surface area contributed by atoms with Crippen molar-refractivity contribution >= 4 is 11.9 Å². The fourth-order valence-electron chi connectivity index (χ4n) is 2.81. The smallest absolute Gasteiger partial charge is 0.318 e. The molecule has 132 valence electrons. The Morgan fingerprint density at radius 3 is 2.79 bits per heavy atom. The molecule has 1 saturated heterocycles. The van der Waals surface area contributed by atoms with Crippen LogP contribution in [0.1, 0.15) is 31.7 Å². The summed E-state index contributed by atoms with van der Waals surface area (Å²) in [5, 5.41) is 5.80. The van der Waals surface area contributed by atoms with Crippen LogP contribution in [0.4, 0.5) is 4.79 Å². The van der Waals surface area contributed by atoms with Crippen LogP contribution in [0.3, 0.4) is 0 Å².